The van der Waals surface area contributed by atoms with E-state index in [-0.39, 0.29) is 5.92 Å². The summed E-state index contributed by atoms with van der Waals surface area (Å²) in [7, 11) is 0. The molecule has 2 rings (SSSR count). The molecule has 2 aromatic rings. The second-order valence-electron chi connectivity index (χ2n) is 4.13. The lowest BCUT2D eigenvalue weighted by atomic mass is 9.96. The molecule has 0 aliphatic heterocycles. The summed E-state index contributed by atoms with van der Waals surface area (Å²) >= 11 is 12.1. The van der Waals surface area contributed by atoms with Gasteiger partial charge in [0, 0.05) is 34.4 Å². The fourth-order valence-corrected chi connectivity index (χ4v) is 2.36. The smallest absolute Gasteiger partial charge is 0.0453 e. The summed E-state index contributed by atoms with van der Waals surface area (Å²) < 4.78 is 0. The zero-order chi connectivity index (χ0) is 13.0. The third-order valence-electron chi connectivity index (χ3n) is 2.87. The Morgan fingerprint density at radius 1 is 1.17 bits per heavy atom. The average Bonchev–Trinajstić information content (AvgIpc) is 2.39. The van der Waals surface area contributed by atoms with Crippen LogP contribution in [0, 0.1) is 0 Å². The van der Waals surface area contributed by atoms with Crippen molar-refractivity contribution in [2.75, 3.05) is 6.54 Å². The average molecular weight is 281 g/mol. The number of halogens is 2. The van der Waals surface area contributed by atoms with Crippen LogP contribution in [-0.2, 0) is 6.42 Å². The quantitative estimate of drug-likeness (QED) is 0.928. The number of hydrogen-bond donors (Lipinski definition) is 1. The molecule has 1 aromatic heterocycles. The minimum Gasteiger partial charge on any atom is -0.330 e. The third-order valence-corrected chi connectivity index (χ3v) is 3.46. The lowest BCUT2D eigenvalue weighted by Gasteiger charge is -2.15. The number of aromatic nitrogens is 1. The molecule has 4 heteroatoms. The summed E-state index contributed by atoms with van der Waals surface area (Å²) in [4.78, 5) is 4.34. The van der Waals surface area contributed by atoms with Crippen LogP contribution < -0.4 is 5.73 Å². The number of nitrogens with two attached hydrogens (primary N) is 1. The maximum Gasteiger partial charge on any atom is 0.0453 e. The molecular formula is C14H14Cl2N2. The van der Waals surface area contributed by atoms with Crippen molar-refractivity contribution in [3.8, 4) is 0 Å². The van der Waals surface area contributed by atoms with Gasteiger partial charge >= 0.3 is 0 Å². The van der Waals surface area contributed by atoms with Gasteiger partial charge < -0.3 is 5.73 Å². The minimum absolute atomic E-state index is 0.171. The second-order valence-corrected chi connectivity index (χ2v) is 4.97. The Bertz CT molecular complexity index is 514. The van der Waals surface area contributed by atoms with Gasteiger partial charge in [-0.15, -0.1) is 0 Å². The molecule has 0 saturated heterocycles. The number of benzene rings is 1. The predicted octanol–water partition coefficient (Wildman–Crippen LogP) is 3.67. The first-order valence-corrected chi connectivity index (χ1v) is 6.51. The van der Waals surface area contributed by atoms with Gasteiger partial charge in [0.2, 0.25) is 0 Å². The van der Waals surface area contributed by atoms with Crippen LogP contribution in [0.4, 0.5) is 0 Å². The molecule has 2 nitrogen and oxygen atoms in total. The van der Waals surface area contributed by atoms with Crippen LogP contribution in [0.15, 0.2) is 42.6 Å². The molecule has 94 valence electrons. The Hall–Kier alpha value is -1.09. The summed E-state index contributed by atoms with van der Waals surface area (Å²) in [6.07, 6.45) is 2.55. The first-order chi connectivity index (χ1) is 8.70. The molecule has 0 aliphatic carbocycles. The van der Waals surface area contributed by atoms with Gasteiger partial charge in [-0.3, -0.25) is 4.98 Å². The second kappa shape index (κ2) is 6.19. The molecular weight excluding hydrogens is 267 g/mol. The first kappa shape index (κ1) is 13.3. The summed E-state index contributed by atoms with van der Waals surface area (Å²) in [5.41, 5.74) is 7.86. The summed E-state index contributed by atoms with van der Waals surface area (Å²) in [6.45, 7) is 0.538. The van der Waals surface area contributed by atoms with Crippen molar-refractivity contribution in [1.29, 1.82) is 0 Å². The molecule has 0 amide bonds. The van der Waals surface area contributed by atoms with E-state index in [0.29, 0.717) is 16.6 Å². The summed E-state index contributed by atoms with van der Waals surface area (Å²) in [6, 6.07) is 11.4. The van der Waals surface area contributed by atoms with E-state index in [1.807, 2.05) is 30.3 Å². The largest absolute Gasteiger partial charge is 0.330 e. The first-order valence-electron chi connectivity index (χ1n) is 5.75. The van der Waals surface area contributed by atoms with Gasteiger partial charge in [0.05, 0.1) is 0 Å². The van der Waals surface area contributed by atoms with Crippen LogP contribution in [-0.4, -0.2) is 11.5 Å². The third kappa shape index (κ3) is 3.22. The summed E-state index contributed by atoms with van der Waals surface area (Å²) in [5, 5.41) is 1.32. The summed E-state index contributed by atoms with van der Waals surface area (Å²) in [5.74, 6) is 0.171. The topological polar surface area (TPSA) is 38.9 Å². The van der Waals surface area contributed by atoms with Gasteiger partial charge in [-0.2, -0.15) is 0 Å². The standard InChI is InChI=1S/C14H14Cl2N2/c15-12-5-4-10(13(16)8-12)7-11(9-17)14-3-1-2-6-18-14/h1-6,8,11H,7,9,17H2. The van der Waals surface area contributed by atoms with Crippen molar-refractivity contribution in [2.45, 2.75) is 12.3 Å². The molecule has 0 spiro atoms. The molecule has 1 heterocycles. The van der Waals surface area contributed by atoms with E-state index in [1.54, 1.807) is 12.3 Å². The fraction of sp³-hybridized carbons (Fsp3) is 0.214. The van der Waals surface area contributed by atoms with Gasteiger partial charge in [-0.25, -0.2) is 0 Å². The van der Waals surface area contributed by atoms with E-state index in [0.717, 1.165) is 17.7 Å². The Morgan fingerprint density at radius 3 is 2.61 bits per heavy atom. The minimum atomic E-state index is 0.171. The lowest BCUT2D eigenvalue weighted by Crippen LogP contribution is -2.16. The van der Waals surface area contributed by atoms with Crippen LogP contribution in [0.3, 0.4) is 0 Å². The van der Waals surface area contributed by atoms with E-state index in [1.165, 1.54) is 0 Å². The van der Waals surface area contributed by atoms with Gasteiger partial charge in [0.25, 0.3) is 0 Å². The Labute approximate surface area is 117 Å². The molecule has 1 aromatic carbocycles. The zero-order valence-electron chi connectivity index (χ0n) is 9.81. The van der Waals surface area contributed by atoms with Crippen LogP contribution in [0.5, 0.6) is 0 Å². The number of nitrogens with zero attached hydrogens (tertiary/aromatic N) is 1. The van der Waals surface area contributed by atoms with Crippen molar-refractivity contribution in [1.82, 2.24) is 4.98 Å². The van der Waals surface area contributed by atoms with Crippen molar-refractivity contribution in [3.05, 3.63) is 63.9 Å². The van der Waals surface area contributed by atoms with E-state index >= 15 is 0 Å². The molecule has 0 aliphatic rings. The number of rotatable bonds is 4. The Morgan fingerprint density at radius 2 is 2.00 bits per heavy atom. The van der Waals surface area contributed by atoms with Crippen molar-refractivity contribution in [3.63, 3.8) is 0 Å². The Kier molecular flexibility index (Phi) is 4.59. The van der Waals surface area contributed by atoms with Crippen molar-refractivity contribution in [2.24, 2.45) is 5.73 Å². The van der Waals surface area contributed by atoms with Crippen molar-refractivity contribution >= 4 is 23.2 Å². The molecule has 1 unspecified atom stereocenters. The Balaban J connectivity index is 2.21. The maximum absolute atomic E-state index is 6.17. The zero-order valence-corrected chi connectivity index (χ0v) is 11.3. The molecule has 0 fully saturated rings. The molecule has 0 bridgehead atoms. The SMILES string of the molecule is NCC(Cc1ccc(Cl)cc1Cl)c1ccccn1. The van der Waals surface area contributed by atoms with Gasteiger partial charge in [-0.05, 0) is 36.2 Å². The van der Waals surface area contributed by atoms with Crippen LogP contribution in [0.1, 0.15) is 17.2 Å². The molecule has 2 N–H and O–H groups in total. The molecule has 1 atom stereocenters. The predicted molar refractivity (Wildman–Crippen MR) is 76.2 cm³/mol. The number of hydrogen-bond acceptors (Lipinski definition) is 2. The van der Waals surface area contributed by atoms with Crippen molar-refractivity contribution < 1.29 is 0 Å². The van der Waals surface area contributed by atoms with E-state index in [2.05, 4.69) is 4.98 Å². The highest BCUT2D eigenvalue weighted by atomic mass is 35.5. The van der Waals surface area contributed by atoms with Crippen LogP contribution in [0.25, 0.3) is 0 Å². The lowest BCUT2D eigenvalue weighted by molar-refractivity contribution is 0.673. The number of pyridine rings is 1. The molecule has 18 heavy (non-hydrogen) atoms. The van der Waals surface area contributed by atoms with E-state index in [4.69, 9.17) is 28.9 Å². The normalized spacial score (nSPS) is 12.4. The maximum atomic E-state index is 6.17. The molecule has 0 saturated carbocycles. The highest BCUT2D eigenvalue weighted by Crippen LogP contribution is 2.26. The van der Waals surface area contributed by atoms with Gasteiger partial charge in [-0.1, -0.05) is 35.3 Å². The van der Waals surface area contributed by atoms with Gasteiger partial charge in [0.1, 0.15) is 0 Å². The monoisotopic (exact) mass is 280 g/mol. The molecule has 0 radical (unpaired) electrons. The highest BCUT2D eigenvalue weighted by Gasteiger charge is 2.13. The highest BCUT2D eigenvalue weighted by molar-refractivity contribution is 6.35. The van der Waals surface area contributed by atoms with E-state index < -0.39 is 0 Å². The van der Waals surface area contributed by atoms with E-state index in [9.17, 15) is 0 Å². The fourth-order valence-electron chi connectivity index (χ4n) is 1.88. The van der Waals surface area contributed by atoms with Gasteiger partial charge in [0.15, 0.2) is 0 Å². The van der Waals surface area contributed by atoms with Crippen LogP contribution >= 0.6 is 23.2 Å². The van der Waals surface area contributed by atoms with Crippen LogP contribution in [0.2, 0.25) is 10.0 Å².